The Bertz CT molecular complexity index is 104. The second kappa shape index (κ2) is 4.07. The largest absolute Gasteiger partial charge is 0.291 e. The molecule has 1 aliphatic heterocycles. The Kier molecular flexibility index (Phi) is 3.34. The smallest absolute Gasteiger partial charge is 0.0617 e. The van der Waals surface area contributed by atoms with Crippen molar-refractivity contribution in [2.45, 2.75) is 32.4 Å². The Hall–Kier alpha value is -0.0800. The van der Waals surface area contributed by atoms with Crippen molar-refractivity contribution in [3.05, 3.63) is 0 Å². The highest BCUT2D eigenvalue weighted by atomic mass is 15.3. The normalized spacial score (nSPS) is 24.3. The highest BCUT2D eigenvalue weighted by molar-refractivity contribution is 4.73. The third kappa shape index (κ3) is 2.17. The van der Waals surface area contributed by atoms with Gasteiger partial charge in [-0.15, -0.1) is 0 Å². The van der Waals surface area contributed by atoms with Crippen molar-refractivity contribution in [2.75, 3.05) is 27.2 Å². The summed E-state index contributed by atoms with van der Waals surface area (Å²) in [5.74, 6) is 0. The van der Waals surface area contributed by atoms with Crippen LogP contribution < -0.4 is 0 Å². The van der Waals surface area contributed by atoms with Gasteiger partial charge in [-0.25, -0.2) is 0 Å². The van der Waals surface area contributed by atoms with E-state index in [0.717, 1.165) is 0 Å². The molecule has 0 unspecified atom stereocenters. The topological polar surface area (TPSA) is 6.48 Å². The molecule has 0 aromatic carbocycles. The van der Waals surface area contributed by atoms with Crippen LogP contribution in [0.25, 0.3) is 0 Å². The van der Waals surface area contributed by atoms with Crippen LogP contribution in [0.2, 0.25) is 0 Å². The van der Waals surface area contributed by atoms with E-state index in [4.69, 9.17) is 0 Å². The highest BCUT2D eigenvalue weighted by Crippen LogP contribution is 2.14. The molecule has 0 bridgehead atoms. The molecule has 0 aliphatic carbocycles. The maximum atomic E-state index is 2.47. The summed E-state index contributed by atoms with van der Waals surface area (Å²) < 4.78 is 0. The molecule has 1 fully saturated rings. The molecule has 2 heteroatoms. The van der Waals surface area contributed by atoms with E-state index in [1.54, 1.807) is 0 Å². The van der Waals surface area contributed by atoms with Crippen LogP contribution in [0.1, 0.15) is 26.2 Å². The van der Waals surface area contributed by atoms with E-state index in [0.29, 0.717) is 6.17 Å². The first-order valence-corrected chi connectivity index (χ1v) is 4.66. The molecule has 0 amide bonds. The molecule has 1 aliphatic rings. The van der Waals surface area contributed by atoms with Crippen molar-refractivity contribution in [1.82, 2.24) is 9.80 Å². The van der Waals surface area contributed by atoms with Crippen molar-refractivity contribution < 1.29 is 0 Å². The van der Waals surface area contributed by atoms with Crippen molar-refractivity contribution in [3.63, 3.8) is 0 Å². The lowest BCUT2D eigenvalue weighted by Crippen LogP contribution is -2.49. The van der Waals surface area contributed by atoms with Gasteiger partial charge >= 0.3 is 0 Å². The van der Waals surface area contributed by atoms with E-state index in [1.165, 1.54) is 32.4 Å². The van der Waals surface area contributed by atoms with Crippen LogP contribution in [0.15, 0.2) is 0 Å². The Morgan fingerprint density at radius 1 is 1.18 bits per heavy atom. The summed E-state index contributed by atoms with van der Waals surface area (Å²) in [6, 6.07) is 0. The third-order valence-electron chi connectivity index (χ3n) is 2.59. The molecule has 0 aromatic heterocycles. The minimum Gasteiger partial charge on any atom is -0.291 e. The van der Waals surface area contributed by atoms with E-state index in [9.17, 15) is 0 Å². The summed E-state index contributed by atoms with van der Waals surface area (Å²) in [6.07, 6.45) is 4.63. The van der Waals surface area contributed by atoms with Gasteiger partial charge in [-0.1, -0.05) is 13.3 Å². The second-order valence-electron chi connectivity index (χ2n) is 3.58. The van der Waals surface area contributed by atoms with Gasteiger partial charge in [0, 0.05) is 13.1 Å². The van der Waals surface area contributed by atoms with Gasteiger partial charge < -0.3 is 0 Å². The van der Waals surface area contributed by atoms with E-state index >= 15 is 0 Å². The first kappa shape index (κ1) is 9.01. The van der Waals surface area contributed by atoms with Crippen LogP contribution in [-0.2, 0) is 0 Å². The minimum absolute atomic E-state index is 0.703. The predicted octanol–water partition coefficient (Wildman–Crippen LogP) is 1.38. The SMILES string of the molecule is CCCC1N(C)CCCN1C. The monoisotopic (exact) mass is 156 g/mol. The van der Waals surface area contributed by atoms with Crippen LogP contribution in [0.5, 0.6) is 0 Å². The molecule has 1 rings (SSSR count). The van der Waals surface area contributed by atoms with Crippen molar-refractivity contribution in [1.29, 1.82) is 0 Å². The quantitative estimate of drug-likeness (QED) is 0.596. The second-order valence-corrected chi connectivity index (χ2v) is 3.58. The Balaban J connectivity index is 2.41. The molecule has 0 spiro atoms. The minimum atomic E-state index is 0.703. The van der Waals surface area contributed by atoms with E-state index in [1.807, 2.05) is 0 Å². The molecule has 0 saturated carbocycles. The average Bonchev–Trinajstić information content (AvgIpc) is 1.97. The number of hydrogen-bond donors (Lipinski definition) is 0. The standard InChI is InChI=1S/C9H20N2/c1-4-6-9-10(2)7-5-8-11(9)3/h9H,4-8H2,1-3H3. The van der Waals surface area contributed by atoms with Crippen LogP contribution in [0.4, 0.5) is 0 Å². The fourth-order valence-electron chi connectivity index (χ4n) is 1.90. The molecule has 0 N–H and O–H groups in total. The zero-order chi connectivity index (χ0) is 8.27. The highest BCUT2D eigenvalue weighted by Gasteiger charge is 2.21. The molecule has 0 radical (unpaired) electrons. The molecular formula is C9H20N2. The summed E-state index contributed by atoms with van der Waals surface area (Å²) in [7, 11) is 4.46. The lowest BCUT2D eigenvalue weighted by Gasteiger charge is -2.40. The van der Waals surface area contributed by atoms with Gasteiger partial charge in [0.25, 0.3) is 0 Å². The summed E-state index contributed by atoms with van der Waals surface area (Å²) >= 11 is 0. The van der Waals surface area contributed by atoms with Crippen LogP contribution >= 0.6 is 0 Å². The van der Waals surface area contributed by atoms with Gasteiger partial charge in [-0.2, -0.15) is 0 Å². The molecule has 1 saturated heterocycles. The maximum absolute atomic E-state index is 2.47. The first-order valence-electron chi connectivity index (χ1n) is 4.66. The molecule has 66 valence electrons. The molecular weight excluding hydrogens is 136 g/mol. The van der Waals surface area contributed by atoms with E-state index < -0.39 is 0 Å². The van der Waals surface area contributed by atoms with Crippen molar-refractivity contribution in [3.8, 4) is 0 Å². The average molecular weight is 156 g/mol. The van der Waals surface area contributed by atoms with Gasteiger partial charge in [-0.05, 0) is 26.9 Å². The van der Waals surface area contributed by atoms with E-state index in [-0.39, 0.29) is 0 Å². The molecule has 11 heavy (non-hydrogen) atoms. The number of nitrogens with zero attached hydrogens (tertiary/aromatic N) is 2. The molecule has 0 aromatic rings. The lowest BCUT2D eigenvalue weighted by atomic mass is 10.1. The summed E-state index contributed by atoms with van der Waals surface area (Å²) in [4.78, 5) is 4.93. The Labute approximate surface area is 70.2 Å². The molecule has 0 atom stereocenters. The van der Waals surface area contributed by atoms with Gasteiger partial charge in [0.1, 0.15) is 0 Å². The zero-order valence-corrected chi connectivity index (χ0v) is 8.01. The Morgan fingerprint density at radius 2 is 1.73 bits per heavy atom. The van der Waals surface area contributed by atoms with Crippen molar-refractivity contribution >= 4 is 0 Å². The molecule has 1 heterocycles. The van der Waals surface area contributed by atoms with Gasteiger partial charge in [0.2, 0.25) is 0 Å². The maximum Gasteiger partial charge on any atom is 0.0617 e. The number of hydrogen-bond acceptors (Lipinski definition) is 2. The zero-order valence-electron chi connectivity index (χ0n) is 8.01. The summed E-state index contributed by atoms with van der Waals surface area (Å²) in [5, 5.41) is 0. The van der Waals surface area contributed by atoms with Crippen LogP contribution in [-0.4, -0.2) is 43.2 Å². The fraction of sp³-hybridized carbons (Fsp3) is 1.00. The van der Waals surface area contributed by atoms with Gasteiger partial charge in [0.15, 0.2) is 0 Å². The van der Waals surface area contributed by atoms with Gasteiger partial charge in [0.05, 0.1) is 6.17 Å². The number of rotatable bonds is 2. The van der Waals surface area contributed by atoms with Crippen molar-refractivity contribution in [2.24, 2.45) is 0 Å². The predicted molar refractivity (Wildman–Crippen MR) is 48.6 cm³/mol. The van der Waals surface area contributed by atoms with Crippen LogP contribution in [0, 0.1) is 0 Å². The molecule has 2 nitrogen and oxygen atoms in total. The summed E-state index contributed by atoms with van der Waals surface area (Å²) in [6.45, 7) is 4.81. The van der Waals surface area contributed by atoms with E-state index in [2.05, 4.69) is 30.8 Å². The van der Waals surface area contributed by atoms with Crippen LogP contribution in [0.3, 0.4) is 0 Å². The third-order valence-corrected chi connectivity index (χ3v) is 2.59. The van der Waals surface area contributed by atoms with Gasteiger partial charge in [-0.3, -0.25) is 9.80 Å². The first-order chi connectivity index (χ1) is 5.25. The summed E-state index contributed by atoms with van der Waals surface area (Å²) in [5.41, 5.74) is 0. The Morgan fingerprint density at radius 3 is 2.18 bits per heavy atom. The fourth-order valence-corrected chi connectivity index (χ4v) is 1.90. The lowest BCUT2D eigenvalue weighted by molar-refractivity contribution is 0.0359.